The van der Waals surface area contributed by atoms with Gasteiger partial charge in [-0.05, 0) is 29.8 Å². The molecule has 0 saturated heterocycles. The molecule has 0 aliphatic rings. The van der Waals surface area contributed by atoms with Gasteiger partial charge in [-0.3, -0.25) is 19.2 Å². The molecule has 0 fully saturated rings. The van der Waals surface area contributed by atoms with Crippen LogP contribution in [0.5, 0.6) is 0 Å². The van der Waals surface area contributed by atoms with Gasteiger partial charge in [0.15, 0.2) is 6.61 Å². The van der Waals surface area contributed by atoms with E-state index in [4.69, 9.17) is 4.74 Å². The molecule has 0 heterocycles. The highest BCUT2D eigenvalue weighted by atomic mass is 16.5. The number of esters is 1. The van der Waals surface area contributed by atoms with Gasteiger partial charge in [0.2, 0.25) is 5.91 Å². The molecule has 2 aromatic rings. The smallest absolute Gasteiger partial charge is 0.325 e. The van der Waals surface area contributed by atoms with Crippen molar-refractivity contribution in [2.24, 2.45) is 0 Å². The van der Waals surface area contributed by atoms with Gasteiger partial charge in [-0.15, -0.1) is 0 Å². The van der Waals surface area contributed by atoms with Gasteiger partial charge >= 0.3 is 5.97 Å². The van der Waals surface area contributed by atoms with E-state index in [1.807, 2.05) is 30.3 Å². The number of nitrogens with one attached hydrogen (secondary N) is 3. The van der Waals surface area contributed by atoms with Crippen molar-refractivity contribution in [3.05, 3.63) is 65.7 Å². The van der Waals surface area contributed by atoms with Gasteiger partial charge in [-0.2, -0.15) is 0 Å². The molecule has 0 atom stereocenters. The first-order chi connectivity index (χ1) is 13.5. The molecule has 3 amide bonds. The number of rotatable bonds is 8. The number of ether oxygens (including phenoxy) is 1. The molecule has 0 aliphatic carbocycles. The highest BCUT2D eigenvalue weighted by Gasteiger charge is 2.10. The van der Waals surface area contributed by atoms with E-state index >= 15 is 0 Å². The maximum Gasteiger partial charge on any atom is 0.325 e. The summed E-state index contributed by atoms with van der Waals surface area (Å²) >= 11 is 0. The quantitative estimate of drug-likeness (QED) is 0.586. The highest BCUT2D eigenvalue weighted by molar-refractivity contribution is 5.96. The van der Waals surface area contributed by atoms with E-state index in [2.05, 4.69) is 16.0 Å². The second-order valence-electron chi connectivity index (χ2n) is 5.80. The van der Waals surface area contributed by atoms with E-state index in [1.54, 1.807) is 24.3 Å². The third-order valence-corrected chi connectivity index (χ3v) is 3.66. The molecule has 0 bridgehead atoms. The molecule has 0 unspecified atom stereocenters. The van der Waals surface area contributed by atoms with Crippen LogP contribution in [-0.2, 0) is 25.5 Å². The molecule has 2 rings (SSSR count). The van der Waals surface area contributed by atoms with E-state index < -0.39 is 18.5 Å². The van der Waals surface area contributed by atoms with E-state index in [-0.39, 0.29) is 24.8 Å². The molecular weight excluding hydrogens is 362 g/mol. The van der Waals surface area contributed by atoms with Crippen molar-refractivity contribution in [1.82, 2.24) is 10.6 Å². The highest BCUT2D eigenvalue weighted by Crippen LogP contribution is 2.09. The third kappa shape index (κ3) is 6.91. The zero-order valence-electron chi connectivity index (χ0n) is 15.4. The Bertz CT molecular complexity index is 835. The molecule has 0 spiro atoms. The molecule has 146 valence electrons. The summed E-state index contributed by atoms with van der Waals surface area (Å²) in [6.45, 7) is -0.801. The van der Waals surface area contributed by atoms with Gasteiger partial charge in [0.05, 0.1) is 6.42 Å². The number of carbonyl (C=O) groups is 4. The Kier molecular flexibility index (Phi) is 7.71. The summed E-state index contributed by atoms with van der Waals surface area (Å²) in [6, 6.07) is 15.4. The van der Waals surface area contributed by atoms with Gasteiger partial charge in [0, 0.05) is 18.3 Å². The van der Waals surface area contributed by atoms with Crippen molar-refractivity contribution >= 4 is 29.4 Å². The van der Waals surface area contributed by atoms with Crippen molar-refractivity contribution in [2.45, 2.75) is 6.42 Å². The molecular formula is C20H21N3O5. The van der Waals surface area contributed by atoms with Gasteiger partial charge < -0.3 is 20.7 Å². The second kappa shape index (κ2) is 10.5. The molecule has 8 nitrogen and oxygen atoms in total. The summed E-state index contributed by atoms with van der Waals surface area (Å²) in [6.07, 6.45) is 0.153. The van der Waals surface area contributed by atoms with Crippen molar-refractivity contribution in [3.8, 4) is 0 Å². The third-order valence-electron chi connectivity index (χ3n) is 3.66. The topological polar surface area (TPSA) is 114 Å². The molecule has 2 aromatic carbocycles. The van der Waals surface area contributed by atoms with Crippen LogP contribution in [0.15, 0.2) is 54.6 Å². The lowest BCUT2D eigenvalue weighted by Crippen LogP contribution is -2.33. The van der Waals surface area contributed by atoms with Crippen LogP contribution >= 0.6 is 0 Å². The fraction of sp³-hybridized carbons (Fsp3) is 0.200. The number of hydrogen-bond acceptors (Lipinski definition) is 5. The summed E-state index contributed by atoms with van der Waals surface area (Å²) in [4.78, 5) is 46.7. The van der Waals surface area contributed by atoms with Crippen LogP contribution in [0.4, 0.5) is 5.69 Å². The van der Waals surface area contributed by atoms with Crippen molar-refractivity contribution in [2.75, 3.05) is 25.5 Å². The zero-order valence-corrected chi connectivity index (χ0v) is 15.4. The lowest BCUT2D eigenvalue weighted by atomic mass is 10.1. The average Bonchev–Trinajstić information content (AvgIpc) is 2.71. The molecule has 0 aliphatic heterocycles. The number of anilines is 1. The van der Waals surface area contributed by atoms with Gasteiger partial charge in [-0.1, -0.05) is 30.3 Å². The van der Waals surface area contributed by atoms with Gasteiger partial charge in [-0.25, -0.2) is 0 Å². The predicted molar refractivity (Wildman–Crippen MR) is 103 cm³/mol. The fourth-order valence-corrected chi connectivity index (χ4v) is 2.26. The number of benzene rings is 2. The van der Waals surface area contributed by atoms with Crippen LogP contribution in [0.2, 0.25) is 0 Å². The maximum absolute atomic E-state index is 11.8. The minimum Gasteiger partial charge on any atom is -0.454 e. The normalized spacial score (nSPS) is 9.89. The number of hydrogen-bond donors (Lipinski definition) is 3. The van der Waals surface area contributed by atoms with Crippen LogP contribution < -0.4 is 16.0 Å². The second-order valence-corrected chi connectivity index (χ2v) is 5.80. The van der Waals surface area contributed by atoms with E-state index in [0.29, 0.717) is 11.3 Å². The Morgan fingerprint density at radius 3 is 2.21 bits per heavy atom. The van der Waals surface area contributed by atoms with Gasteiger partial charge in [0.25, 0.3) is 11.8 Å². The lowest BCUT2D eigenvalue weighted by Gasteiger charge is -2.08. The molecule has 8 heteroatoms. The van der Waals surface area contributed by atoms with Crippen LogP contribution in [0.1, 0.15) is 15.9 Å². The standard InChI is InChI=1S/C20H21N3O5/c1-21-20(27)15-7-9-16(10-8-15)23-18(25)13-28-19(26)12-22-17(24)11-14-5-3-2-4-6-14/h2-10H,11-13H2,1H3,(H,21,27)(H,22,24)(H,23,25). The Morgan fingerprint density at radius 1 is 0.893 bits per heavy atom. The Balaban J connectivity index is 1.68. The van der Waals surface area contributed by atoms with Gasteiger partial charge in [0.1, 0.15) is 6.54 Å². The SMILES string of the molecule is CNC(=O)c1ccc(NC(=O)COC(=O)CNC(=O)Cc2ccccc2)cc1. The van der Waals surface area contributed by atoms with Crippen molar-refractivity contribution in [3.63, 3.8) is 0 Å². The van der Waals surface area contributed by atoms with Crippen LogP contribution in [0.3, 0.4) is 0 Å². The maximum atomic E-state index is 11.8. The van der Waals surface area contributed by atoms with Crippen molar-refractivity contribution < 1.29 is 23.9 Å². The largest absolute Gasteiger partial charge is 0.454 e. The number of amides is 3. The summed E-state index contributed by atoms with van der Waals surface area (Å²) in [5, 5.41) is 7.48. The average molecular weight is 383 g/mol. The summed E-state index contributed by atoms with van der Waals surface area (Å²) in [7, 11) is 1.52. The molecule has 0 saturated carbocycles. The minimum atomic E-state index is -0.716. The summed E-state index contributed by atoms with van der Waals surface area (Å²) < 4.78 is 4.83. The summed E-state index contributed by atoms with van der Waals surface area (Å²) in [5.41, 5.74) is 1.75. The van der Waals surface area contributed by atoms with E-state index in [0.717, 1.165) is 5.56 Å². The molecule has 3 N–H and O–H groups in total. The van der Waals surface area contributed by atoms with Crippen LogP contribution in [0.25, 0.3) is 0 Å². The monoisotopic (exact) mass is 383 g/mol. The Labute approximate surface area is 162 Å². The Morgan fingerprint density at radius 2 is 1.57 bits per heavy atom. The van der Waals surface area contributed by atoms with E-state index in [1.165, 1.54) is 7.05 Å². The van der Waals surface area contributed by atoms with Crippen LogP contribution in [-0.4, -0.2) is 43.9 Å². The first kappa shape index (κ1) is 20.6. The van der Waals surface area contributed by atoms with Crippen LogP contribution in [0, 0.1) is 0 Å². The van der Waals surface area contributed by atoms with Crippen molar-refractivity contribution in [1.29, 1.82) is 0 Å². The molecule has 0 radical (unpaired) electrons. The summed E-state index contributed by atoms with van der Waals surface area (Å²) in [5.74, 6) is -1.80. The molecule has 0 aromatic heterocycles. The van der Waals surface area contributed by atoms with E-state index in [9.17, 15) is 19.2 Å². The lowest BCUT2D eigenvalue weighted by molar-refractivity contribution is -0.147. The number of carbonyl (C=O) groups excluding carboxylic acids is 4. The molecule has 28 heavy (non-hydrogen) atoms. The fourth-order valence-electron chi connectivity index (χ4n) is 2.26. The first-order valence-electron chi connectivity index (χ1n) is 8.56. The first-order valence-corrected chi connectivity index (χ1v) is 8.56. The zero-order chi connectivity index (χ0) is 20.4. The predicted octanol–water partition coefficient (Wildman–Crippen LogP) is 0.887. The Hall–Kier alpha value is -3.68. The minimum absolute atomic E-state index is 0.153.